The van der Waals surface area contributed by atoms with Crippen LogP contribution in [0.4, 0.5) is 0 Å². The average molecular weight is 231 g/mol. The Morgan fingerprint density at radius 1 is 1.47 bits per heavy atom. The van der Waals surface area contributed by atoms with Gasteiger partial charge in [0.2, 0.25) is 0 Å². The number of terminal acetylenes is 1. The van der Waals surface area contributed by atoms with Gasteiger partial charge in [-0.25, -0.2) is 0 Å². The molecular formula is C14H21N3. The van der Waals surface area contributed by atoms with Crippen molar-refractivity contribution in [1.82, 2.24) is 15.2 Å². The second-order valence-electron chi connectivity index (χ2n) is 4.27. The van der Waals surface area contributed by atoms with Crippen LogP contribution < -0.4 is 5.32 Å². The second-order valence-corrected chi connectivity index (χ2v) is 4.27. The van der Waals surface area contributed by atoms with Crippen LogP contribution in [0.15, 0.2) is 24.5 Å². The van der Waals surface area contributed by atoms with E-state index < -0.39 is 0 Å². The molecule has 0 saturated heterocycles. The summed E-state index contributed by atoms with van der Waals surface area (Å²) in [6.07, 6.45) is 9.93. The van der Waals surface area contributed by atoms with Gasteiger partial charge in [0, 0.05) is 31.5 Å². The third kappa shape index (κ3) is 5.48. The highest BCUT2D eigenvalue weighted by Gasteiger charge is 2.07. The Balaban J connectivity index is 2.24. The zero-order chi connectivity index (χ0) is 12.5. The summed E-state index contributed by atoms with van der Waals surface area (Å²) in [6, 6.07) is 4.62. The maximum absolute atomic E-state index is 5.19. The first-order chi connectivity index (χ1) is 8.24. The molecule has 3 nitrogen and oxygen atoms in total. The van der Waals surface area contributed by atoms with Crippen LogP contribution in [0.5, 0.6) is 0 Å². The number of likely N-dealkylation sites (N-methyl/N-ethyl adjacent to an activating group) is 1. The quantitative estimate of drug-likeness (QED) is 0.564. The second kappa shape index (κ2) is 7.83. The van der Waals surface area contributed by atoms with Gasteiger partial charge in [0.05, 0.1) is 6.54 Å². The number of pyridine rings is 1. The molecule has 0 spiro atoms. The predicted molar refractivity (Wildman–Crippen MR) is 71.7 cm³/mol. The largest absolute Gasteiger partial charge is 0.305 e. The van der Waals surface area contributed by atoms with Crippen molar-refractivity contribution in [1.29, 1.82) is 0 Å². The Labute approximate surface area is 104 Å². The third-order valence-corrected chi connectivity index (χ3v) is 2.92. The summed E-state index contributed by atoms with van der Waals surface area (Å²) in [5, 5.41) is 3.23. The summed E-state index contributed by atoms with van der Waals surface area (Å²) in [5.74, 6) is 2.58. The average Bonchev–Trinajstić information content (AvgIpc) is 2.37. The first kappa shape index (κ1) is 13.7. The van der Waals surface area contributed by atoms with E-state index in [0.29, 0.717) is 12.6 Å². The van der Waals surface area contributed by atoms with E-state index in [2.05, 4.69) is 47.2 Å². The number of aromatic nitrogens is 1. The standard InChI is InChI=1S/C14H21N3/c1-4-8-16-12-13(2)17(3)11-7-14-5-9-15-10-6-14/h1,5-6,9-10,13,16H,7-8,11-12H2,2-3H3. The fourth-order valence-corrected chi connectivity index (χ4v) is 1.58. The van der Waals surface area contributed by atoms with Crippen molar-refractivity contribution in [3.63, 3.8) is 0 Å². The van der Waals surface area contributed by atoms with Crippen molar-refractivity contribution in [2.24, 2.45) is 0 Å². The van der Waals surface area contributed by atoms with Crippen LogP contribution in [0, 0.1) is 12.3 Å². The van der Waals surface area contributed by atoms with Crippen molar-refractivity contribution in [2.75, 3.05) is 26.7 Å². The lowest BCUT2D eigenvalue weighted by molar-refractivity contribution is 0.256. The molecule has 0 fully saturated rings. The van der Waals surface area contributed by atoms with E-state index in [1.807, 2.05) is 12.4 Å². The summed E-state index contributed by atoms with van der Waals surface area (Å²) >= 11 is 0. The maximum Gasteiger partial charge on any atom is 0.0574 e. The number of rotatable bonds is 7. The molecule has 0 aliphatic rings. The number of nitrogens with zero attached hydrogens (tertiary/aromatic N) is 2. The van der Waals surface area contributed by atoms with Gasteiger partial charge >= 0.3 is 0 Å². The van der Waals surface area contributed by atoms with Gasteiger partial charge in [0.25, 0.3) is 0 Å². The molecule has 1 heterocycles. The molecule has 1 N–H and O–H groups in total. The molecule has 1 aromatic heterocycles. The molecule has 0 amide bonds. The minimum absolute atomic E-state index is 0.491. The molecule has 0 bridgehead atoms. The Hall–Kier alpha value is -1.37. The smallest absolute Gasteiger partial charge is 0.0574 e. The van der Waals surface area contributed by atoms with Gasteiger partial charge < -0.3 is 10.2 Å². The molecule has 92 valence electrons. The molecule has 1 unspecified atom stereocenters. The van der Waals surface area contributed by atoms with Gasteiger partial charge in [-0.15, -0.1) is 6.42 Å². The van der Waals surface area contributed by atoms with E-state index in [9.17, 15) is 0 Å². The molecule has 1 rings (SSSR count). The van der Waals surface area contributed by atoms with Crippen LogP contribution in [-0.2, 0) is 6.42 Å². The highest BCUT2D eigenvalue weighted by molar-refractivity contribution is 5.09. The van der Waals surface area contributed by atoms with Crippen molar-refractivity contribution < 1.29 is 0 Å². The van der Waals surface area contributed by atoms with Gasteiger partial charge in [-0.05, 0) is 38.1 Å². The molecule has 1 atom stereocenters. The van der Waals surface area contributed by atoms with Gasteiger partial charge in [-0.2, -0.15) is 0 Å². The van der Waals surface area contributed by atoms with Crippen molar-refractivity contribution in [2.45, 2.75) is 19.4 Å². The summed E-state index contributed by atoms with van der Waals surface area (Å²) in [4.78, 5) is 6.35. The highest BCUT2D eigenvalue weighted by Crippen LogP contribution is 2.01. The number of hydrogen-bond acceptors (Lipinski definition) is 3. The molecule has 0 aromatic carbocycles. The molecule has 0 saturated carbocycles. The molecular weight excluding hydrogens is 210 g/mol. The van der Waals surface area contributed by atoms with Crippen LogP contribution in [0.1, 0.15) is 12.5 Å². The molecule has 0 aliphatic heterocycles. The van der Waals surface area contributed by atoms with Crippen LogP contribution in [0.25, 0.3) is 0 Å². The Kier molecular flexibility index (Phi) is 6.31. The van der Waals surface area contributed by atoms with E-state index in [1.165, 1.54) is 5.56 Å². The van der Waals surface area contributed by atoms with Crippen LogP contribution in [-0.4, -0.2) is 42.6 Å². The first-order valence-corrected chi connectivity index (χ1v) is 5.97. The highest BCUT2D eigenvalue weighted by atomic mass is 15.1. The zero-order valence-corrected chi connectivity index (χ0v) is 10.7. The predicted octanol–water partition coefficient (Wildman–Crippen LogP) is 1.17. The Morgan fingerprint density at radius 2 is 2.18 bits per heavy atom. The first-order valence-electron chi connectivity index (χ1n) is 5.97. The minimum Gasteiger partial charge on any atom is -0.305 e. The van der Waals surface area contributed by atoms with E-state index >= 15 is 0 Å². The summed E-state index contributed by atoms with van der Waals surface area (Å²) in [5.41, 5.74) is 1.33. The van der Waals surface area contributed by atoms with E-state index in [1.54, 1.807) is 0 Å². The van der Waals surface area contributed by atoms with Crippen LogP contribution in [0.3, 0.4) is 0 Å². The van der Waals surface area contributed by atoms with Crippen LogP contribution >= 0.6 is 0 Å². The fourth-order valence-electron chi connectivity index (χ4n) is 1.58. The number of hydrogen-bond donors (Lipinski definition) is 1. The summed E-state index contributed by atoms with van der Waals surface area (Å²) < 4.78 is 0. The van der Waals surface area contributed by atoms with Crippen LogP contribution in [0.2, 0.25) is 0 Å². The van der Waals surface area contributed by atoms with Crippen molar-refractivity contribution in [3.05, 3.63) is 30.1 Å². The molecule has 17 heavy (non-hydrogen) atoms. The minimum atomic E-state index is 0.491. The molecule has 0 aliphatic carbocycles. The van der Waals surface area contributed by atoms with E-state index in [4.69, 9.17) is 6.42 Å². The number of nitrogens with one attached hydrogen (secondary N) is 1. The Morgan fingerprint density at radius 3 is 2.82 bits per heavy atom. The van der Waals surface area contributed by atoms with Gasteiger partial charge in [0.1, 0.15) is 0 Å². The molecule has 3 heteroatoms. The molecule has 0 radical (unpaired) electrons. The fraction of sp³-hybridized carbons (Fsp3) is 0.500. The van der Waals surface area contributed by atoms with Crippen molar-refractivity contribution >= 4 is 0 Å². The van der Waals surface area contributed by atoms with Gasteiger partial charge in [0.15, 0.2) is 0 Å². The normalized spacial score (nSPS) is 12.4. The maximum atomic E-state index is 5.19. The van der Waals surface area contributed by atoms with E-state index in [-0.39, 0.29) is 0 Å². The SMILES string of the molecule is C#CCNCC(C)N(C)CCc1ccncc1. The van der Waals surface area contributed by atoms with Gasteiger partial charge in [-0.1, -0.05) is 5.92 Å². The van der Waals surface area contributed by atoms with Gasteiger partial charge in [-0.3, -0.25) is 4.98 Å². The lowest BCUT2D eigenvalue weighted by atomic mass is 10.2. The topological polar surface area (TPSA) is 28.2 Å². The summed E-state index contributed by atoms with van der Waals surface area (Å²) in [6.45, 7) is 4.82. The third-order valence-electron chi connectivity index (χ3n) is 2.92. The summed E-state index contributed by atoms with van der Waals surface area (Å²) in [7, 11) is 2.14. The lowest BCUT2D eigenvalue weighted by Crippen LogP contribution is -2.39. The Bertz CT molecular complexity index is 342. The molecule has 1 aromatic rings. The van der Waals surface area contributed by atoms with Crippen molar-refractivity contribution in [3.8, 4) is 12.3 Å². The monoisotopic (exact) mass is 231 g/mol. The van der Waals surface area contributed by atoms with E-state index in [0.717, 1.165) is 19.5 Å². The zero-order valence-electron chi connectivity index (χ0n) is 10.7. The lowest BCUT2D eigenvalue weighted by Gasteiger charge is -2.24.